The highest BCUT2D eigenvalue weighted by atomic mass is 35.5. The van der Waals surface area contributed by atoms with Gasteiger partial charge in [0.2, 0.25) is 0 Å². The summed E-state index contributed by atoms with van der Waals surface area (Å²) in [6.45, 7) is 9.62. The predicted octanol–water partition coefficient (Wildman–Crippen LogP) is 8.38. The number of hydrogen-bond donors (Lipinski definition) is 5. The first-order valence-corrected chi connectivity index (χ1v) is 39.3. The largest absolute Gasteiger partial charge is 0.486 e. The maximum Gasteiger partial charge on any atom is 0.175 e. The SMILES string of the molecule is COCC1C[C@H]2COc3c(Sc4cnc(Cl)c(CO)n4)ccnc3N2C1.COC[C@@H]1C[C@H]2COc3c(Sc4cnc(N5CCC6(CC5)Cc5ncccc5[C@H]6N)c(CO)n4)ccnc3N2C1.COC[C@H]1C[C@H]2COc3c(Sc4cnc(N5CCC6(CC5)Cc5ncccc5[C@H]6N)c(CO)n4)ccnc3N2C1. The third-order valence-electron chi connectivity index (χ3n) is 22.8. The highest BCUT2D eigenvalue weighted by Crippen LogP contribution is 2.54. The van der Waals surface area contributed by atoms with Crippen LogP contribution in [0.2, 0.25) is 5.15 Å². The zero-order chi connectivity index (χ0) is 72.6. The molecule has 16 heterocycles. The molecule has 31 heteroatoms. The van der Waals surface area contributed by atoms with Crippen molar-refractivity contribution in [3.05, 3.63) is 137 Å². The minimum absolute atomic E-state index is 0.00994. The molecule has 8 atom stereocenters. The van der Waals surface area contributed by atoms with Crippen molar-refractivity contribution in [2.24, 2.45) is 40.1 Å². The molecule has 8 aliphatic heterocycles. The number of piperidine rings is 2. The van der Waals surface area contributed by atoms with Crippen molar-refractivity contribution in [1.29, 1.82) is 0 Å². The molecule has 10 aliphatic rings. The molecule has 5 saturated heterocycles. The molecule has 2 spiro atoms. The van der Waals surface area contributed by atoms with Gasteiger partial charge in [-0.1, -0.05) is 59.0 Å². The van der Waals surface area contributed by atoms with E-state index in [1.54, 1.807) is 46.1 Å². The molecule has 558 valence electrons. The number of nitrogens with two attached hydrogens (primary N) is 2. The lowest BCUT2D eigenvalue weighted by molar-refractivity contribution is 0.157. The third-order valence-corrected chi connectivity index (χ3v) is 26.0. The van der Waals surface area contributed by atoms with E-state index in [1.807, 2.05) is 55.1 Å². The van der Waals surface area contributed by atoms with Gasteiger partial charge < -0.3 is 79.7 Å². The van der Waals surface area contributed by atoms with E-state index in [1.165, 1.54) is 46.4 Å². The van der Waals surface area contributed by atoms with Crippen LogP contribution in [0.5, 0.6) is 17.2 Å². The lowest BCUT2D eigenvalue weighted by Gasteiger charge is -2.42. The van der Waals surface area contributed by atoms with E-state index in [4.69, 9.17) is 71.4 Å². The Labute approximate surface area is 633 Å². The van der Waals surface area contributed by atoms with Gasteiger partial charge in [0, 0.05) is 139 Å². The molecular formula is C75H89ClN18O9S3. The van der Waals surface area contributed by atoms with Gasteiger partial charge in [0.15, 0.2) is 51.5 Å². The van der Waals surface area contributed by atoms with Crippen molar-refractivity contribution in [2.45, 2.75) is 138 Å². The van der Waals surface area contributed by atoms with E-state index in [2.05, 4.69) is 71.5 Å². The fourth-order valence-electron chi connectivity index (χ4n) is 17.6. The smallest absolute Gasteiger partial charge is 0.175 e. The van der Waals surface area contributed by atoms with Gasteiger partial charge in [0.1, 0.15) is 52.0 Å². The number of hydrogen-bond acceptors (Lipinski definition) is 30. The maximum atomic E-state index is 10.3. The predicted molar refractivity (Wildman–Crippen MR) is 401 cm³/mol. The summed E-state index contributed by atoms with van der Waals surface area (Å²) in [5, 5.41) is 32.1. The van der Waals surface area contributed by atoms with Gasteiger partial charge in [-0.05, 0) is 110 Å². The Bertz CT molecular complexity index is 4260. The van der Waals surface area contributed by atoms with E-state index < -0.39 is 0 Å². The Morgan fingerprint density at radius 1 is 0.472 bits per heavy atom. The van der Waals surface area contributed by atoms with E-state index in [-0.39, 0.29) is 47.9 Å². The standard InChI is InChI=1S/2C29H35N7O3S.C17H19ClN4O3S/c2*1-38-16-18-11-19-17-39-25-23(4-8-32-28(25)36(19)14-18)40-24-13-33-27(22(15-37)34-24)35-9-5-29(6-10-35)12-21-20(26(29)30)3-2-7-31-21;1-24-8-10-4-11-9-25-15-13(2-3-19-17(15)22(11)6-10)26-14-5-20-16(18)12(7-23)21-14/h2*2-4,7-8,13,18-19,26,37H,5-6,9-12,14-17,30H2,1H3;2-3,5,10-11,23H,4,6-9H2,1H3/t18-,19+,26-;18-,19-,26+;10?,11-/m100/s1. The molecule has 0 amide bonds. The van der Waals surface area contributed by atoms with Crippen molar-refractivity contribution in [3.8, 4) is 17.2 Å². The van der Waals surface area contributed by atoms with E-state index >= 15 is 0 Å². The van der Waals surface area contributed by atoms with Gasteiger partial charge in [-0.3, -0.25) is 9.97 Å². The number of nitrogens with zero attached hydrogens (tertiary/aromatic N) is 16. The number of ether oxygens (including phenoxy) is 6. The average molecular weight is 1520 g/mol. The van der Waals surface area contributed by atoms with E-state index in [9.17, 15) is 15.3 Å². The van der Waals surface area contributed by atoms with Crippen LogP contribution in [0.4, 0.5) is 29.1 Å². The molecule has 5 fully saturated rings. The lowest BCUT2D eigenvalue weighted by atomic mass is 9.73. The molecule has 8 aromatic rings. The van der Waals surface area contributed by atoms with Crippen molar-refractivity contribution in [1.82, 2.24) is 54.8 Å². The van der Waals surface area contributed by atoms with Crippen molar-refractivity contribution >= 4 is 76.0 Å². The molecule has 8 aromatic heterocycles. The minimum Gasteiger partial charge on any atom is -0.486 e. The number of methoxy groups -OCH3 is 3. The van der Waals surface area contributed by atoms with Crippen molar-refractivity contribution in [2.75, 3.05) is 131 Å². The molecule has 0 bridgehead atoms. The number of halogens is 1. The molecule has 106 heavy (non-hydrogen) atoms. The van der Waals surface area contributed by atoms with Gasteiger partial charge in [-0.2, -0.15) is 0 Å². The summed E-state index contributed by atoms with van der Waals surface area (Å²) < 4.78 is 34.6. The molecule has 2 aliphatic carbocycles. The topological polar surface area (TPSA) is 326 Å². The molecular weight excluding hydrogens is 1430 g/mol. The number of aromatic nitrogens is 11. The number of aliphatic hydroxyl groups is 3. The highest BCUT2D eigenvalue weighted by Gasteiger charge is 2.49. The highest BCUT2D eigenvalue weighted by molar-refractivity contribution is 7.99. The van der Waals surface area contributed by atoms with Crippen LogP contribution in [-0.4, -0.2) is 195 Å². The van der Waals surface area contributed by atoms with E-state index in [0.29, 0.717) is 77.8 Å². The molecule has 0 radical (unpaired) electrons. The van der Waals surface area contributed by atoms with Crippen molar-refractivity contribution < 1.29 is 43.7 Å². The van der Waals surface area contributed by atoms with Crippen LogP contribution in [0.25, 0.3) is 0 Å². The monoisotopic (exact) mass is 1520 g/mol. The van der Waals surface area contributed by atoms with Crippen LogP contribution < -0.4 is 50.2 Å². The zero-order valence-corrected chi connectivity index (χ0v) is 62.9. The van der Waals surface area contributed by atoms with Crippen LogP contribution in [0, 0.1) is 28.6 Å². The van der Waals surface area contributed by atoms with Crippen LogP contribution in [-0.2, 0) is 46.9 Å². The Balaban J connectivity index is 0.000000125. The van der Waals surface area contributed by atoms with Crippen LogP contribution >= 0.6 is 46.9 Å². The van der Waals surface area contributed by atoms with Gasteiger partial charge in [-0.25, -0.2) is 44.9 Å². The number of aliphatic hydroxyl groups excluding tert-OH is 3. The summed E-state index contributed by atoms with van der Waals surface area (Å²) in [5.74, 6) is 7.96. The Morgan fingerprint density at radius 2 is 0.830 bits per heavy atom. The Morgan fingerprint density at radius 3 is 1.18 bits per heavy atom. The second-order valence-electron chi connectivity index (χ2n) is 29.2. The first-order chi connectivity index (χ1) is 51.9. The molecule has 27 nitrogen and oxygen atoms in total. The number of rotatable bonds is 17. The Kier molecular flexibility index (Phi) is 21.6. The second kappa shape index (κ2) is 31.5. The molecule has 0 saturated carbocycles. The van der Waals surface area contributed by atoms with Gasteiger partial charge in [0.25, 0.3) is 0 Å². The molecule has 7 N–H and O–H groups in total. The summed E-state index contributed by atoms with van der Waals surface area (Å²) in [7, 11) is 5.25. The van der Waals surface area contributed by atoms with Gasteiger partial charge in [-0.15, -0.1) is 0 Å². The summed E-state index contributed by atoms with van der Waals surface area (Å²) in [6.07, 6.45) is 23.2. The molecule has 18 rings (SSSR count). The second-order valence-corrected chi connectivity index (χ2v) is 32.7. The minimum atomic E-state index is -0.248. The summed E-state index contributed by atoms with van der Waals surface area (Å²) in [5.41, 5.74) is 19.7. The molecule has 1 unspecified atom stereocenters. The summed E-state index contributed by atoms with van der Waals surface area (Å²) >= 11 is 10.3. The maximum absolute atomic E-state index is 10.3. The number of fused-ring (bicyclic) bond motifs is 11. The van der Waals surface area contributed by atoms with Crippen LogP contribution in [0.1, 0.15) is 96.6 Å². The van der Waals surface area contributed by atoms with E-state index in [0.717, 1.165) is 206 Å². The number of pyridine rings is 5. The quantitative estimate of drug-likeness (QED) is 0.0571. The van der Waals surface area contributed by atoms with Crippen molar-refractivity contribution in [3.63, 3.8) is 0 Å². The fourth-order valence-corrected chi connectivity index (χ4v) is 20.3. The van der Waals surface area contributed by atoms with Crippen LogP contribution in [0.3, 0.4) is 0 Å². The summed E-state index contributed by atoms with van der Waals surface area (Å²) in [4.78, 5) is 65.1. The zero-order valence-electron chi connectivity index (χ0n) is 59.7. The van der Waals surface area contributed by atoms with Gasteiger partial charge in [0.05, 0.1) is 91.0 Å². The first-order valence-electron chi connectivity index (χ1n) is 36.5. The molecule has 0 aromatic carbocycles. The average Bonchev–Trinajstić information content (AvgIpc) is 1.60. The van der Waals surface area contributed by atoms with Gasteiger partial charge >= 0.3 is 0 Å². The fraction of sp³-hybridized carbons (Fsp3) is 0.507. The number of anilines is 5. The lowest BCUT2D eigenvalue weighted by Crippen LogP contribution is -2.45. The third kappa shape index (κ3) is 14.3. The Hall–Kier alpha value is -7.59. The van der Waals surface area contributed by atoms with Crippen LogP contribution in [0.15, 0.2) is 122 Å². The summed E-state index contributed by atoms with van der Waals surface area (Å²) in [6, 6.07) is 15.0. The first kappa shape index (κ1) is 72.6. The normalized spacial score (nSPS) is 23.7.